The molecule has 1 heterocycles. The summed E-state index contributed by atoms with van der Waals surface area (Å²) in [5, 5.41) is 0. The Morgan fingerprint density at radius 3 is 3.00 bits per heavy atom. The first-order chi connectivity index (χ1) is 6.24. The van der Waals surface area contributed by atoms with Crippen molar-refractivity contribution in [2.75, 3.05) is 0 Å². The van der Waals surface area contributed by atoms with Gasteiger partial charge in [0.25, 0.3) is 0 Å². The fraction of sp³-hybridized carbons (Fsp3) is 0.333. The van der Waals surface area contributed by atoms with E-state index in [0.717, 1.165) is 0 Å². The Balaban J connectivity index is 2.55. The van der Waals surface area contributed by atoms with Crippen LogP contribution in [0.5, 0.6) is 5.88 Å². The molecule has 0 spiro atoms. The van der Waals surface area contributed by atoms with Crippen LogP contribution in [0.1, 0.15) is 13.3 Å². The largest absolute Gasteiger partial charge is 0.406 e. The Hall–Kier alpha value is -1.42. The summed E-state index contributed by atoms with van der Waals surface area (Å²) < 4.78 is 4.89. The van der Waals surface area contributed by atoms with Crippen molar-refractivity contribution in [1.82, 2.24) is 4.98 Å². The molecular formula is C9H12N2O2. The minimum absolute atomic E-state index is 0.288. The van der Waals surface area contributed by atoms with Gasteiger partial charge >= 0.3 is 5.97 Å². The number of ether oxygens (including phenoxy) is 1. The highest BCUT2D eigenvalue weighted by molar-refractivity contribution is 5.77. The normalized spacial score (nSPS) is 12.2. The monoisotopic (exact) mass is 180 g/mol. The number of nitrogens with two attached hydrogens (primary N) is 1. The topological polar surface area (TPSA) is 65.2 Å². The van der Waals surface area contributed by atoms with Gasteiger partial charge in [0.1, 0.15) is 6.04 Å². The molecule has 0 amide bonds. The Morgan fingerprint density at radius 1 is 1.69 bits per heavy atom. The maximum atomic E-state index is 11.2. The minimum Gasteiger partial charge on any atom is -0.406 e. The second-order valence-corrected chi connectivity index (χ2v) is 2.60. The molecule has 0 aliphatic carbocycles. The lowest BCUT2D eigenvalue weighted by molar-refractivity contribution is -0.136. The molecule has 1 rings (SSSR count). The van der Waals surface area contributed by atoms with E-state index in [9.17, 15) is 4.79 Å². The van der Waals surface area contributed by atoms with Crippen molar-refractivity contribution >= 4 is 5.97 Å². The standard InChI is InChI=1S/C9H12N2O2/c1-2-7(10)9(12)13-8-5-3-4-6-11-8/h3-7H,2,10H2,1H3/t7-/m1/s1. The maximum absolute atomic E-state index is 11.2. The van der Waals surface area contributed by atoms with Gasteiger partial charge in [-0.25, -0.2) is 9.78 Å². The molecule has 0 unspecified atom stereocenters. The first-order valence-electron chi connectivity index (χ1n) is 4.12. The summed E-state index contributed by atoms with van der Waals surface area (Å²) in [7, 11) is 0. The zero-order valence-corrected chi connectivity index (χ0v) is 7.43. The molecule has 0 saturated heterocycles. The lowest BCUT2D eigenvalue weighted by atomic mass is 10.2. The van der Waals surface area contributed by atoms with Gasteiger partial charge in [0.2, 0.25) is 5.88 Å². The maximum Gasteiger partial charge on any atom is 0.329 e. The zero-order chi connectivity index (χ0) is 9.68. The molecule has 4 heteroatoms. The third kappa shape index (κ3) is 2.83. The van der Waals surface area contributed by atoms with Crippen LogP contribution in [0.3, 0.4) is 0 Å². The van der Waals surface area contributed by atoms with E-state index in [1.807, 2.05) is 6.92 Å². The fourth-order valence-electron chi connectivity index (χ4n) is 0.753. The number of aromatic nitrogens is 1. The second-order valence-electron chi connectivity index (χ2n) is 2.60. The van der Waals surface area contributed by atoms with Gasteiger partial charge in [-0.1, -0.05) is 13.0 Å². The number of rotatable bonds is 3. The smallest absolute Gasteiger partial charge is 0.329 e. The van der Waals surface area contributed by atoms with Crippen LogP contribution in [0.4, 0.5) is 0 Å². The molecule has 0 saturated carbocycles. The second kappa shape index (κ2) is 4.57. The van der Waals surface area contributed by atoms with Gasteiger partial charge in [-0.05, 0) is 12.5 Å². The summed E-state index contributed by atoms with van der Waals surface area (Å²) in [6.45, 7) is 1.82. The van der Waals surface area contributed by atoms with E-state index in [1.165, 1.54) is 0 Å². The molecule has 1 aromatic heterocycles. The number of hydrogen-bond donors (Lipinski definition) is 1. The van der Waals surface area contributed by atoms with E-state index in [2.05, 4.69) is 4.98 Å². The predicted octanol–water partition coefficient (Wildman–Crippen LogP) is 0.724. The highest BCUT2D eigenvalue weighted by atomic mass is 16.5. The average Bonchev–Trinajstić information content (AvgIpc) is 2.18. The number of hydrogen-bond acceptors (Lipinski definition) is 4. The summed E-state index contributed by atoms with van der Waals surface area (Å²) in [6.07, 6.45) is 2.12. The van der Waals surface area contributed by atoms with E-state index in [1.54, 1.807) is 24.4 Å². The lowest BCUT2D eigenvalue weighted by Gasteiger charge is -2.07. The zero-order valence-electron chi connectivity index (χ0n) is 7.43. The highest BCUT2D eigenvalue weighted by Crippen LogP contribution is 2.04. The van der Waals surface area contributed by atoms with E-state index in [0.29, 0.717) is 6.42 Å². The number of nitrogens with zero attached hydrogens (tertiary/aromatic N) is 1. The molecule has 0 bridgehead atoms. The first kappa shape index (κ1) is 9.67. The van der Waals surface area contributed by atoms with Crippen molar-refractivity contribution in [2.24, 2.45) is 5.73 Å². The molecule has 1 atom stereocenters. The van der Waals surface area contributed by atoms with E-state index in [4.69, 9.17) is 10.5 Å². The van der Waals surface area contributed by atoms with Crippen LogP contribution in [-0.4, -0.2) is 17.0 Å². The van der Waals surface area contributed by atoms with Gasteiger partial charge in [-0.15, -0.1) is 0 Å². The quantitative estimate of drug-likeness (QED) is 0.696. The van der Waals surface area contributed by atoms with Gasteiger partial charge in [0.15, 0.2) is 0 Å². The van der Waals surface area contributed by atoms with Crippen molar-refractivity contribution in [3.05, 3.63) is 24.4 Å². The van der Waals surface area contributed by atoms with Gasteiger partial charge in [0, 0.05) is 12.3 Å². The molecule has 2 N–H and O–H groups in total. The van der Waals surface area contributed by atoms with Gasteiger partial charge in [-0.3, -0.25) is 0 Å². The highest BCUT2D eigenvalue weighted by Gasteiger charge is 2.13. The molecule has 1 aromatic rings. The Labute approximate surface area is 76.7 Å². The van der Waals surface area contributed by atoms with E-state index >= 15 is 0 Å². The summed E-state index contributed by atoms with van der Waals surface area (Å²) >= 11 is 0. The van der Waals surface area contributed by atoms with Crippen LogP contribution in [0.25, 0.3) is 0 Å². The number of esters is 1. The Kier molecular flexibility index (Phi) is 3.40. The molecule has 0 radical (unpaired) electrons. The van der Waals surface area contributed by atoms with Crippen molar-refractivity contribution in [3.8, 4) is 5.88 Å². The van der Waals surface area contributed by atoms with Crippen molar-refractivity contribution in [3.63, 3.8) is 0 Å². The molecule has 70 valence electrons. The van der Waals surface area contributed by atoms with Gasteiger partial charge in [0.05, 0.1) is 0 Å². The predicted molar refractivity (Wildman–Crippen MR) is 48.1 cm³/mol. The van der Waals surface area contributed by atoms with Crippen LogP contribution in [0.15, 0.2) is 24.4 Å². The molecule has 0 aromatic carbocycles. The SMILES string of the molecule is CC[C@@H](N)C(=O)Oc1ccccn1. The summed E-state index contributed by atoms with van der Waals surface area (Å²) in [4.78, 5) is 15.0. The average molecular weight is 180 g/mol. The molecule has 0 aliphatic heterocycles. The number of carbonyl (C=O) groups is 1. The number of carbonyl (C=O) groups excluding carboxylic acids is 1. The minimum atomic E-state index is -0.568. The molecule has 4 nitrogen and oxygen atoms in total. The van der Waals surface area contributed by atoms with Crippen LogP contribution in [0, 0.1) is 0 Å². The fourth-order valence-corrected chi connectivity index (χ4v) is 0.753. The first-order valence-corrected chi connectivity index (χ1v) is 4.12. The molecule has 0 aliphatic rings. The van der Waals surface area contributed by atoms with Crippen LogP contribution in [0.2, 0.25) is 0 Å². The van der Waals surface area contributed by atoms with Crippen LogP contribution < -0.4 is 10.5 Å². The number of pyridine rings is 1. The van der Waals surface area contributed by atoms with Crippen molar-refractivity contribution in [2.45, 2.75) is 19.4 Å². The van der Waals surface area contributed by atoms with E-state index in [-0.39, 0.29) is 5.88 Å². The lowest BCUT2D eigenvalue weighted by Crippen LogP contribution is -2.33. The van der Waals surface area contributed by atoms with Gasteiger partial charge < -0.3 is 10.5 Å². The Bertz CT molecular complexity index is 274. The summed E-state index contributed by atoms with van der Waals surface area (Å²) in [5.41, 5.74) is 5.46. The van der Waals surface area contributed by atoms with Crippen molar-refractivity contribution < 1.29 is 9.53 Å². The van der Waals surface area contributed by atoms with Crippen LogP contribution >= 0.6 is 0 Å². The van der Waals surface area contributed by atoms with E-state index < -0.39 is 12.0 Å². The summed E-state index contributed by atoms with van der Waals surface area (Å²) in [5.74, 6) is -0.155. The van der Waals surface area contributed by atoms with Gasteiger partial charge in [-0.2, -0.15) is 0 Å². The third-order valence-corrected chi connectivity index (χ3v) is 1.59. The molecule has 0 fully saturated rings. The molecule has 13 heavy (non-hydrogen) atoms. The molecular weight excluding hydrogens is 168 g/mol. The third-order valence-electron chi connectivity index (χ3n) is 1.59. The van der Waals surface area contributed by atoms with Crippen molar-refractivity contribution in [1.29, 1.82) is 0 Å². The summed E-state index contributed by atoms with van der Waals surface area (Å²) in [6, 6.07) is 4.53. The Morgan fingerprint density at radius 2 is 2.46 bits per heavy atom. The van der Waals surface area contributed by atoms with Crippen LogP contribution in [-0.2, 0) is 4.79 Å².